The molecule has 0 amide bonds. The molecule has 0 spiro atoms. The molecule has 0 bridgehead atoms. The fraction of sp³-hybridized carbons (Fsp3) is 0.267. The Labute approximate surface area is 126 Å². The van der Waals surface area contributed by atoms with E-state index in [0.717, 1.165) is 32.0 Å². The van der Waals surface area contributed by atoms with E-state index in [-0.39, 0.29) is 0 Å². The number of anilines is 1. The first-order valence-electron chi connectivity index (χ1n) is 7.16. The molecule has 7 heteroatoms. The molecule has 0 aromatic carbocycles. The summed E-state index contributed by atoms with van der Waals surface area (Å²) < 4.78 is 6.99. The molecule has 1 fully saturated rings. The molecule has 0 radical (unpaired) electrons. The monoisotopic (exact) mass is 294 g/mol. The van der Waals surface area contributed by atoms with Gasteiger partial charge in [0.15, 0.2) is 11.4 Å². The molecule has 3 aromatic rings. The fourth-order valence-corrected chi connectivity index (χ4v) is 2.68. The molecule has 0 aliphatic carbocycles. The molecule has 1 N–H and O–H groups in total. The van der Waals surface area contributed by atoms with Crippen molar-refractivity contribution in [1.29, 1.82) is 5.26 Å². The number of nitriles is 1. The third-order valence-electron chi connectivity index (χ3n) is 3.78. The van der Waals surface area contributed by atoms with Crippen molar-refractivity contribution in [3.05, 3.63) is 36.2 Å². The first-order valence-corrected chi connectivity index (χ1v) is 7.16. The van der Waals surface area contributed by atoms with Gasteiger partial charge in [0.25, 0.3) is 0 Å². The first kappa shape index (κ1) is 12.9. The lowest BCUT2D eigenvalue weighted by atomic mass is 10.2. The average Bonchev–Trinajstić information content (AvgIpc) is 3.22. The van der Waals surface area contributed by atoms with Crippen molar-refractivity contribution in [2.24, 2.45) is 0 Å². The van der Waals surface area contributed by atoms with E-state index in [1.165, 1.54) is 0 Å². The SMILES string of the molecule is N#Cc1c(-c2ccco2)nn2ccc(N3CCNCC3)nc12. The number of hydrogen-bond donors (Lipinski definition) is 1. The molecule has 0 unspecified atom stereocenters. The van der Waals surface area contributed by atoms with Gasteiger partial charge in [0.1, 0.15) is 23.1 Å². The molecule has 1 aliphatic heterocycles. The Hall–Kier alpha value is -2.85. The Balaban J connectivity index is 1.84. The van der Waals surface area contributed by atoms with E-state index in [0.29, 0.717) is 22.7 Å². The van der Waals surface area contributed by atoms with E-state index in [9.17, 15) is 5.26 Å². The number of aromatic nitrogens is 3. The van der Waals surface area contributed by atoms with Gasteiger partial charge in [-0.05, 0) is 18.2 Å². The Morgan fingerprint density at radius 1 is 1.27 bits per heavy atom. The van der Waals surface area contributed by atoms with Crippen molar-refractivity contribution < 1.29 is 4.42 Å². The Morgan fingerprint density at radius 2 is 2.14 bits per heavy atom. The number of furan rings is 1. The predicted molar refractivity (Wildman–Crippen MR) is 80.5 cm³/mol. The lowest BCUT2D eigenvalue weighted by molar-refractivity contribution is 0.579. The highest BCUT2D eigenvalue weighted by molar-refractivity contribution is 5.73. The van der Waals surface area contributed by atoms with Crippen molar-refractivity contribution >= 4 is 11.5 Å². The van der Waals surface area contributed by atoms with Crippen LogP contribution in [-0.2, 0) is 0 Å². The standard InChI is InChI=1S/C15H14N6O/c16-10-11-14(12-2-1-9-22-12)19-21-6-3-13(18-15(11)21)20-7-4-17-5-8-20/h1-3,6,9,17H,4-5,7-8H2. The summed E-state index contributed by atoms with van der Waals surface area (Å²) in [5.74, 6) is 1.45. The van der Waals surface area contributed by atoms with Gasteiger partial charge in [-0.3, -0.25) is 0 Å². The van der Waals surface area contributed by atoms with Crippen LogP contribution in [0.3, 0.4) is 0 Å². The zero-order valence-corrected chi connectivity index (χ0v) is 11.9. The summed E-state index contributed by atoms with van der Waals surface area (Å²) in [7, 11) is 0. The maximum atomic E-state index is 9.50. The van der Waals surface area contributed by atoms with Crippen molar-refractivity contribution in [2.45, 2.75) is 0 Å². The molecule has 110 valence electrons. The first-order chi connectivity index (χ1) is 10.9. The van der Waals surface area contributed by atoms with E-state index in [2.05, 4.69) is 26.4 Å². The largest absolute Gasteiger partial charge is 0.463 e. The average molecular weight is 294 g/mol. The van der Waals surface area contributed by atoms with Gasteiger partial charge in [0.05, 0.1) is 6.26 Å². The van der Waals surface area contributed by atoms with Crippen LogP contribution in [0.5, 0.6) is 0 Å². The van der Waals surface area contributed by atoms with E-state index in [1.807, 2.05) is 12.3 Å². The van der Waals surface area contributed by atoms with E-state index < -0.39 is 0 Å². The van der Waals surface area contributed by atoms with Gasteiger partial charge in [0, 0.05) is 32.4 Å². The highest BCUT2D eigenvalue weighted by Gasteiger charge is 2.19. The number of nitrogens with zero attached hydrogens (tertiary/aromatic N) is 5. The fourth-order valence-electron chi connectivity index (χ4n) is 2.68. The van der Waals surface area contributed by atoms with Crippen LogP contribution in [-0.4, -0.2) is 40.8 Å². The normalized spacial score (nSPS) is 15.1. The molecular weight excluding hydrogens is 280 g/mol. The summed E-state index contributed by atoms with van der Waals surface area (Å²) in [4.78, 5) is 6.84. The van der Waals surface area contributed by atoms with Crippen LogP contribution in [0.25, 0.3) is 17.1 Å². The van der Waals surface area contributed by atoms with Crippen LogP contribution in [0.2, 0.25) is 0 Å². The highest BCUT2D eigenvalue weighted by atomic mass is 16.3. The summed E-state index contributed by atoms with van der Waals surface area (Å²) in [5, 5.41) is 17.2. The second-order valence-electron chi connectivity index (χ2n) is 5.10. The van der Waals surface area contributed by atoms with Crippen LogP contribution in [0.4, 0.5) is 5.82 Å². The third-order valence-corrected chi connectivity index (χ3v) is 3.78. The van der Waals surface area contributed by atoms with E-state index in [4.69, 9.17) is 4.42 Å². The molecule has 1 saturated heterocycles. The minimum absolute atomic E-state index is 0.437. The molecule has 7 nitrogen and oxygen atoms in total. The number of nitrogens with one attached hydrogen (secondary N) is 1. The summed E-state index contributed by atoms with van der Waals surface area (Å²) in [6.45, 7) is 3.69. The van der Waals surface area contributed by atoms with Gasteiger partial charge in [-0.25, -0.2) is 9.50 Å². The summed E-state index contributed by atoms with van der Waals surface area (Å²) in [5.41, 5.74) is 1.52. The van der Waals surface area contributed by atoms with Crippen LogP contribution in [0.1, 0.15) is 5.56 Å². The Bertz CT molecular complexity index is 839. The third kappa shape index (κ3) is 2.01. The Kier molecular flexibility index (Phi) is 3.02. The van der Waals surface area contributed by atoms with Gasteiger partial charge in [0.2, 0.25) is 0 Å². The second kappa shape index (κ2) is 5.16. The lowest BCUT2D eigenvalue weighted by Crippen LogP contribution is -2.43. The van der Waals surface area contributed by atoms with E-state index in [1.54, 1.807) is 22.9 Å². The van der Waals surface area contributed by atoms with E-state index >= 15 is 0 Å². The predicted octanol–water partition coefficient (Wildman–Crippen LogP) is 1.27. The molecular formula is C15H14N6O. The van der Waals surface area contributed by atoms with Crippen molar-refractivity contribution in [3.63, 3.8) is 0 Å². The summed E-state index contributed by atoms with van der Waals surface area (Å²) in [6.07, 6.45) is 3.41. The van der Waals surface area contributed by atoms with Crippen LogP contribution in [0.15, 0.2) is 35.1 Å². The number of hydrogen-bond acceptors (Lipinski definition) is 6. The van der Waals surface area contributed by atoms with Gasteiger partial charge in [-0.2, -0.15) is 10.4 Å². The highest BCUT2D eigenvalue weighted by Crippen LogP contribution is 2.26. The van der Waals surface area contributed by atoms with Crippen molar-refractivity contribution in [2.75, 3.05) is 31.1 Å². The van der Waals surface area contributed by atoms with Crippen molar-refractivity contribution in [1.82, 2.24) is 19.9 Å². The molecule has 3 aromatic heterocycles. The van der Waals surface area contributed by atoms with Crippen LogP contribution >= 0.6 is 0 Å². The maximum absolute atomic E-state index is 9.50. The quantitative estimate of drug-likeness (QED) is 0.766. The van der Waals surface area contributed by atoms with Gasteiger partial charge in [-0.1, -0.05) is 0 Å². The summed E-state index contributed by atoms with van der Waals surface area (Å²) in [6, 6.07) is 7.70. The zero-order chi connectivity index (χ0) is 14.9. The zero-order valence-electron chi connectivity index (χ0n) is 11.9. The Morgan fingerprint density at radius 3 is 2.86 bits per heavy atom. The molecule has 4 heterocycles. The minimum Gasteiger partial charge on any atom is -0.463 e. The lowest BCUT2D eigenvalue weighted by Gasteiger charge is -2.28. The molecule has 22 heavy (non-hydrogen) atoms. The van der Waals surface area contributed by atoms with Gasteiger partial charge >= 0.3 is 0 Å². The molecule has 4 rings (SSSR count). The number of piperazine rings is 1. The smallest absolute Gasteiger partial charge is 0.175 e. The molecule has 1 aliphatic rings. The van der Waals surface area contributed by atoms with Crippen LogP contribution < -0.4 is 10.2 Å². The van der Waals surface area contributed by atoms with Gasteiger partial charge < -0.3 is 14.6 Å². The number of fused-ring (bicyclic) bond motifs is 1. The minimum atomic E-state index is 0.437. The topological polar surface area (TPSA) is 82.4 Å². The molecule has 0 saturated carbocycles. The van der Waals surface area contributed by atoms with Crippen molar-refractivity contribution in [3.8, 4) is 17.5 Å². The summed E-state index contributed by atoms with van der Waals surface area (Å²) >= 11 is 0. The van der Waals surface area contributed by atoms with Gasteiger partial charge in [-0.15, -0.1) is 0 Å². The molecule has 0 atom stereocenters. The number of rotatable bonds is 2. The second-order valence-corrected chi connectivity index (χ2v) is 5.10. The maximum Gasteiger partial charge on any atom is 0.175 e. The van der Waals surface area contributed by atoms with Crippen LogP contribution in [0, 0.1) is 11.3 Å².